The van der Waals surface area contributed by atoms with E-state index in [9.17, 15) is 4.79 Å². The first-order valence-electron chi connectivity index (χ1n) is 7.60. The molecule has 7 heteroatoms. The Kier molecular flexibility index (Phi) is 3.87. The Balaban J connectivity index is 1.58. The zero-order valence-electron chi connectivity index (χ0n) is 12.4. The Bertz CT molecular complexity index is 753. The number of thiazole rings is 1. The van der Waals surface area contributed by atoms with Crippen LogP contribution in [-0.4, -0.2) is 24.1 Å². The van der Waals surface area contributed by atoms with E-state index in [4.69, 9.17) is 21.1 Å². The van der Waals surface area contributed by atoms with Crippen molar-refractivity contribution >= 4 is 34.0 Å². The zero-order chi connectivity index (χ0) is 15.8. The summed E-state index contributed by atoms with van der Waals surface area (Å²) in [7, 11) is 0. The van der Waals surface area contributed by atoms with Gasteiger partial charge in [0.15, 0.2) is 16.6 Å². The lowest BCUT2D eigenvalue weighted by Gasteiger charge is -2.11. The molecular formula is C16H15ClN2O3S. The van der Waals surface area contributed by atoms with Crippen molar-refractivity contribution in [3.05, 3.63) is 33.3 Å². The molecular weight excluding hydrogens is 336 g/mol. The van der Waals surface area contributed by atoms with Gasteiger partial charge in [0.2, 0.25) is 0 Å². The zero-order valence-corrected chi connectivity index (χ0v) is 13.9. The summed E-state index contributed by atoms with van der Waals surface area (Å²) < 4.78 is 11.2. The van der Waals surface area contributed by atoms with Crippen molar-refractivity contribution in [3.8, 4) is 11.5 Å². The highest BCUT2D eigenvalue weighted by atomic mass is 35.5. The average Bonchev–Trinajstić information content (AvgIpc) is 3.01. The first-order valence-corrected chi connectivity index (χ1v) is 8.79. The molecule has 0 fully saturated rings. The molecule has 1 aromatic heterocycles. The van der Waals surface area contributed by atoms with Gasteiger partial charge in [0.05, 0.1) is 23.9 Å². The topological polar surface area (TPSA) is 60.5 Å². The fourth-order valence-electron chi connectivity index (χ4n) is 2.78. The monoisotopic (exact) mass is 350 g/mol. The van der Waals surface area contributed by atoms with Crippen molar-refractivity contribution in [2.45, 2.75) is 25.7 Å². The Morgan fingerprint density at radius 2 is 2.09 bits per heavy atom. The van der Waals surface area contributed by atoms with Crippen LogP contribution in [0.15, 0.2) is 12.1 Å². The number of benzene rings is 1. The van der Waals surface area contributed by atoms with E-state index in [1.165, 1.54) is 4.88 Å². The second-order valence-electron chi connectivity index (χ2n) is 5.53. The van der Waals surface area contributed by atoms with Gasteiger partial charge < -0.3 is 9.47 Å². The van der Waals surface area contributed by atoms with E-state index in [0.29, 0.717) is 40.4 Å². The van der Waals surface area contributed by atoms with Gasteiger partial charge in [0.1, 0.15) is 0 Å². The summed E-state index contributed by atoms with van der Waals surface area (Å²) in [4.78, 5) is 18.2. The molecule has 1 aliphatic heterocycles. The van der Waals surface area contributed by atoms with Gasteiger partial charge in [-0.3, -0.25) is 10.1 Å². The van der Waals surface area contributed by atoms with Gasteiger partial charge in [0, 0.05) is 16.9 Å². The summed E-state index contributed by atoms with van der Waals surface area (Å²) >= 11 is 7.78. The number of hydrogen-bond acceptors (Lipinski definition) is 5. The third kappa shape index (κ3) is 2.88. The third-order valence-corrected chi connectivity index (χ3v) is 5.23. The van der Waals surface area contributed by atoms with Gasteiger partial charge in [-0.25, -0.2) is 4.98 Å². The molecule has 5 nitrogen and oxygen atoms in total. The minimum Gasteiger partial charge on any atom is -0.489 e. The standard InChI is InChI=1S/C16H15ClN2O3S/c17-10-7-9(8-12-14(10)22-6-2-5-21-12)15(20)19-16-18-11-3-1-4-13(11)23-16/h7-8H,1-6H2,(H,18,19,20). The lowest BCUT2D eigenvalue weighted by atomic mass is 10.2. The summed E-state index contributed by atoms with van der Waals surface area (Å²) in [5, 5.41) is 3.88. The molecule has 0 saturated carbocycles. The number of anilines is 1. The van der Waals surface area contributed by atoms with E-state index in [-0.39, 0.29) is 5.91 Å². The smallest absolute Gasteiger partial charge is 0.257 e. The Hall–Kier alpha value is -1.79. The van der Waals surface area contributed by atoms with Gasteiger partial charge in [-0.15, -0.1) is 11.3 Å². The number of halogens is 1. The van der Waals surface area contributed by atoms with Crippen LogP contribution >= 0.6 is 22.9 Å². The van der Waals surface area contributed by atoms with Crippen LogP contribution < -0.4 is 14.8 Å². The molecule has 1 N–H and O–H groups in total. The van der Waals surface area contributed by atoms with Crippen molar-refractivity contribution in [2.75, 3.05) is 18.5 Å². The number of carbonyl (C=O) groups is 1. The van der Waals surface area contributed by atoms with Crippen LogP contribution in [-0.2, 0) is 12.8 Å². The van der Waals surface area contributed by atoms with E-state index < -0.39 is 0 Å². The maximum Gasteiger partial charge on any atom is 0.257 e. The largest absolute Gasteiger partial charge is 0.489 e. The average molecular weight is 351 g/mol. The number of carbonyl (C=O) groups excluding carboxylic acids is 1. The fourth-order valence-corrected chi connectivity index (χ4v) is 4.09. The van der Waals surface area contributed by atoms with Crippen LogP contribution in [0.4, 0.5) is 5.13 Å². The van der Waals surface area contributed by atoms with Crippen molar-refractivity contribution in [1.82, 2.24) is 4.98 Å². The number of aryl methyl sites for hydroxylation is 2. The molecule has 2 aliphatic rings. The third-order valence-electron chi connectivity index (χ3n) is 3.88. The van der Waals surface area contributed by atoms with Crippen molar-refractivity contribution in [2.24, 2.45) is 0 Å². The summed E-state index contributed by atoms with van der Waals surface area (Å²) in [5.74, 6) is 0.783. The Labute approximate surface area is 142 Å². The molecule has 2 heterocycles. The van der Waals surface area contributed by atoms with Crippen LogP contribution in [0.1, 0.15) is 33.8 Å². The summed E-state index contributed by atoms with van der Waals surface area (Å²) in [5.41, 5.74) is 1.55. The molecule has 2 aromatic rings. The van der Waals surface area contributed by atoms with Crippen LogP contribution in [0.5, 0.6) is 11.5 Å². The lowest BCUT2D eigenvalue weighted by molar-refractivity contribution is 0.102. The van der Waals surface area contributed by atoms with E-state index in [0.717, 1.165) is 31.4 Å². The number of nitrogens with zero attached hydrogens (tertiary/aromatic N) is 1. The van der Waals surface area contributed by atoms with Gasteiger partial charge in [-0.05, 0) is 31.4 Å². The van der Waals surface area contributed by atoms with Crippen molar-refractivity contribution < 1.29 is 14.3 Å². The molecule has 1 amide bonds. The van der Waals surface area contributed by atoms with Crippen LogP contribution in [0.2, 0.25) is 5.02 Å². The number of ether oxygens (including phenoxy) is 2. The van der Waals surface area contributed by atoms with Gasteiger partial charge >= 0.3 is 0 Å². The van der Waals surface area contributed by atoms with Crippen LogP contribution in [0.25, 0.3) is 0 Å². The first kappa shape index (κ1) is 14.8. The Morgan fingerprint density at radius 3 is 2.96 bits per heavy atom. The van der Waals surface area contributed by atoms with Gasteiger partial charge in [0.25, 0.3) is 5.91 Å². The van der Waals surface area contributed by atoms with Gasteiger partial charge in [-0.2, -0.15) is 0 Å². The highest BCUT2D eigenvalue weighted by Crippen LogP contribution is 2.38. The molecule has 1 aromatic carbocycles. The highest BCUT2D eigenvalue weighted by Gasteiger charge is 2.21. The fraction of sp³-hybridized carbons (Fsp3) is 0.375. The molecule has 0 spiro atoms. The maximum atomic E-state index is 12.5. The molecule has 0 atom stereocenters. The summed E-state index contributed by atoms with van der Waals surface area (Å²) in [6.07, 6.45) is 3.99. The molecule has 0 saturated heterocycles. The quantitative estimate of drug-likeness (QED) is 0.897. The van der Waals surface area contributed by atoms with Crippen LogP contribution in [0.3, 0.4) is 0 Å². The van der Waals surface area contributed by atoms with E-state index in [1.54, 1.807) is 23.5 Å². The first-order chi connectivity index (χ1) is 11.2. The molecule has 4 rings (SSSR count). The van der Waals surface area contributed by atoms with E-state index in [1.807, 2.05) is 0 Å². The number of aromatic nitrogens is 1. The second kappa shape index (κ2) is 6.02. The minimum absolute atomic E-state index is 0.241. The minimum atomic E-state index is -0.241. The second-order valence-corrected chi connectivity index (χ2v) is 7.02. The number of hydrogen-bond donors (Lipinski definition) is 1. The SMILES string of the molecule is O=C(Nc1nc2c(s1)CCC2)c1cc(Cl)c2c(c1)OCCCO2. The molecule has 23 heavy (non-hydrogen) atoms. The lowest BCUT2D eigenvalue weighted by Crippen LogP contribution is -2.12. The van der Waals surface area contributed by atoms with Crippen LogP contribution in [0, 0.1) is 0 Å². The van der Waals surface area contributed by atoms with E-state index in [2.05, 4.69) is 10.3 Å². The predicted octanol–water partition coefficient (Wildman–Crippen LogP) is 3.70. The summed E-state index contributed by atoms with van der Waals surface area (Å²) in [6.45, 7) is 1.11. The highest BCUT2D eigenvalue weighted by molar-refractivity contribution is 7.16. The Morgan fingerprint density at radius 1 is 1.22 bits per heavy atom. The molecule has 120 valence electrons. The van der Waals surface area contributed by atoms with Crippen molar-refractivity contribution in [1.29, 1.82) is 0 Å². The molecule has 0 radical (unpaired) electrons. The van der Waals surface area contributed by atoms with E-state index >= 15 is 0 Å². The van der Waals surface area contributed by atoms with Gasteiger partial charge in [-0.1, -0.05) is 11.6 Å². The maximum absolute atomic E-state index is 12.5. The predicted molar refractivity (Wildman–Crippen MR) is 89.2 cm³/mol. The molecule has 0 bridgehead atoms. The number of rotatable bonds is 2. The number of amides is 1. The molecule has 0 unspecified atom stereocenters. The number of fused-ring (bicyclic) bond motifs is 2. The normalized spacial score (nSPS) is 15.9. The molecule has 1 aliphatic carbocycles. The van der Waals surface area contributed by atoms with Crippen molar-refractivity contribution in [3.63, 3.8) is 0 Å². The summed E-state index contributed by atoms with van der Waals surface area (Å²) in [6, 6.07) is 3.27. The number of nitrogens with one attached hydrogen (secondary N) is 1.